The molecule has 2 rings (SSSR count). The summed E-state index contributed by atoms with van der Waals surface area (Å²) in [5.74, 6) is 0.402. The third kappa shape index (κ3) is 2.65. The van der Waals surface area contributed by atoms with Crippen molar-refractivity contribution in [2.45, 2.75) is 13.5 Å². The second-order valence-corrected chi connectivity index (χ2v) is 4.09. The lowest BCUT2D eigenvalue weighted by Gasteiger charge is -2.07. The number of nitrogens with one attached hydrogen (secondary N) is 1. The van der Waals surface area contributed by atoms with Crippen molar-refractivity contribution in [3.63, 3.8) is 0 Å². The van der Waals surface area contributed by atoms with Gasteiger partial charge in [-0.3, -0.25) is 9.48 Å². The van der Waals surface area contributed by atoms with Gasteiger partial charge in [0.1, 0.15) is 6.33 Å². The van der Waals surface area contributed by atoms with Crippen molar-refractivity contribution in [2.24, 2.45) is 7.05 Å². The van der Waals surface area contributed by atoms with Gasteiger partial charge in [-0.15, -0.1) is 0 Å². The molecule has 0 aliphatic carbocycles. The number of nitrogens with two attached hydrogens (primary N) is 1. The molecule has 0 fully saturated rings. The molecule has 0 unspecified atom stereocenters. The molecule has 0 saturated heterocycles. The van der Waals surface area contributed by atoms with Gasteiger partial charge < -0.3 is 11.1 Å². The Balaban J connectivity index is 2.05. The average molecular weight is 245 g/mol. The predicted octanol–water partition coefficient (Wildman–Crippen LogP) is 0.636. The van der Waals surface area contributed by atoms with Crippen LogP contribution in [0.5, 0.6) is 0 Å². The molecule has 18 heavy (non-hydrogen) atoms. The van der Waals surface area contributed by atoms with E-state index in [9.17, 15) is 4.79 Å². The molecule has 3 N–H and O–H groups in total. The zero-order chi connectivity index (χ0) is 13.1. The fourth-order valence-corrected chi connectivity index (χ4v) is 1.60. The van der Waals surface area contributed by atoms with E-state index in [-0.39, 0.29) is 5.91 Å². The highest BCUT2D eigenvalue weighted by Gasteiger charge is 2.10. The predicted molar refractivity (Wildman–Crippen MR) is 67.8 cm³/mol. The van der Waals surface area contributed by atoms with Gasteiger partial charge >= 0.3 is 0 Å². The SMILES string of the molecule is Cc1ccc(N)cc1C(=O)NCc1ncn(C)n1. The first-order chi connectivity index (χ1) is 8.56. The molecule has 6 nitrogen and oxygen atoms in total. The molecule has 6 heteroatoms. The lowest BCUT2D eigenvalue weighted by atomic mass is 10.1. The highest BCUT2D eigenvalue weighted by molar-refractivity contribution is 5.96. The maximum Gasteiger partial charge on any atom is 0.252 e. The highest BCUT2D eigenvalue weighted by atomic mass is 16.1. The summed E-state index contributed by atoms with van der Waals surface area (Å²) in [6, 6.07) is 5.26. The molecule has 1 heterocycles. The zero-order valence-electron chi connectivity index (χ0n) is 10.3. The third-order valence-corrected chi connectivity index (χ3v) is 2.56. The van der Waals surface area contributed by atoms with E-state index < -0.39 is 0 Å². The van der Waals surface area contributed by atoms with E-state index in [1.54, 1.807) is 30.2 Å². The number of rotatable bonds is 3. The van der Waals surface area contributed by atoms with Crippen LogP contribution in [0.3, 0.4) is 0 Å². The van der Waals surface area contributed by atoms with E-state index in [2.05, 4.69) is 15.4 Å². The Morgan fingerprint density at radius 2 is 2.28 bits per heavy atom. The number of anilines is 1. The van der Waals surface area contributed by atoms with Crippen LogP contribution in [0, 0.1) is 6.92 Å². The number of amides is 1. The molecule has 1 aromatic heterocycles. The van der Waals surface area contributed by atoms with E-state index in [4.69, 9.17) is 5.73 Å². The second kappa shape index (κ2) is 4.87. The maximum atomic E-state index is 12.0. The standard InChI is InChI=1S/C12H15N5O/c1-8-3-4-9(13)5-10(8)12(18)14-6-11-15-7-17(2)16-11/h3-5,7H,6,13H2,1-2H3,(H,14,18). The summed E-state index contributed by atoms with van der Waals surface area (Å²) in [6.07, 6.45) is 1.59. The van der Waals surface area contributed by atoms with E-state index in [1.165, 1.54) is 0 Å². The van der Waals surface area contributed by atoms with Crippen molar-refractivity contribution in [1.82, 2.24) is 20.1 Å². The number of nitrogens with zero attached hydrogens (tertiary/aromatic N) is 3. The van der Waals surface area contributed by atoms with E-state index in [0.29, 0.717) is 23.6 Å². The summed E-state index contributed by atoms with van der Waals surface area (Å²) in [4.78, 5) is 16.0. The Morgan fingerprint density at radius 3 is 2.94 bits per heavy atom. The van der Waals surface area contributed by atoms with Crippen molar-refractivity contribution in [2.75, 3.05) is 5.73 Å². The van der Waals surface area contributed by atoms with Gasteiger partial charge in [-0.1, -0.05) is 6.07 Å². The van der Waals surface area contributed by atoms with Crippen molar-refractivity contribution in [1.29, 1.82) is 0 Å². The highest BCUT2D eigenvalue weighted by Crippen LogP contribution is 2.12. The Bertz CT molecular complexity index is 576. The quantitative estimate of drug-likeness (QED) is 0.777. The number of aromatic nitrogens is 3. The number of hydrogen-bond donors (Lipinski definition) is 2. The maximum absolute atomic E-state index is 12.0. The number of nitrogen functional groups attached to an aromatic ring is 1. The van der Waals surface area contributed by atoms with Gasteiger partial charge in [0.25, 0.3) is 5.91 Å². The number of aryl methyl sites for hydroxylation is 2. The Morgan fingerprint density at radius 1 is 1.50 bits per heavy atom. The number of carbonyl (C=O) groups is 1. The number of benzene rings is 1. The molecule has 94 valence electrons. The first kappa shape index (κ1) is 12.1. The van der Waals surface area contributed by atoms with Crippen LogP contribution in [-0.4, -0.2) is 20.7 Å². The van der Waals surface area contributed by atoms with Crippen LogP contribution in [-0.2, 0) is 13.6 Å². The summed E-state index contributed by atoms with van der Waals surface area (Å²) < 4.78 is 1.59. The minimum Gasteiger partial charge on any atom is -0.399 e. The summed E-state index contributed by atoms with van der Waals surface area (Å²) in [7, 11) is 1.78. The van der Waals surface area contributed by atoms with Crippen LogP contribution in [0.2, 0.25) is 0 Å². The smallest absolute Gasteiger partial charge is 0.252 e. The fraction of sp³-hybridized carbons (Fsp3) is 0.250. The molecule has 2 aromatic rings. The molecule has 0 spiro atoms. The Labute approximate surface area is 105 Å². The first-order valence-electron chi connectivity index (χ1n) is 5.55. The van der Waals surface area contributed by atoms with E-state index in [1.807, 2.05) is 13.0 Å². The number of hydrogen-bond acceptors (Lipinski definition) is 4. The van der Waals surface area contributed by atoms with Crippen LogP contribution >= 0.6 is 0 Å². The van der Waals surface area contributed by atoms with Gasteiger partial charge in [-0.2, -0.15) is 5.10 Å². The van der Waals surface area contributed by atoms with Gasteiger partial charge in [0.2, 0.25) is 0 Å². The average Bonchev–Trinajstić information content (AvgIpc) is 2.75. The molecule has 1 aromatic carbocycles. The van der Waals surface area contributed by atoms with Crippen LogP contribution in [0.1, 0.15) is 21.7 Å². The molecule has 0 saturated carbocycles. The van der Waals surface area contributed by atoms with Gasteiger partial charge in [-0.05, 0) is 24.6 Å². The molecule has 0 aliphatic heterocycles. The molecular formula is C12H15N5O. The first-order valence-corrected chi connectivity index (χ1v) is 5.55. The molecule has 0 bridgehead atoms. The molecule has 0 aliphatic rings. The summed E-state index contributed by atoms with van der Waals surface area (Å²) in [6.45, 7) is 2.17. The van der Waals surface area contributed by atoms with Crippen molar-refractivity contribution in [3.8, 4) is 0 Å². The Hall–Kier alpha value is -2.37. The largest absolute Gasteiger partial charge is 0.399 e. The molecule has 0 atom stereocenters. The second-order valence-electron chi connectivity index (χ2n) is 4.09. The number of carbonyl (C=O) groups excluding carboxylic acids is 1. The van der Waals surface area contributed by atoms with Crippen molar-refractivity contribution < 1.29 is 4.79 Å². The lowest BCUT2D eigenvalue weighted by Crippen LogP contribution is -2.24. The van der Waals surface area contributed by atoms with Crippen molar-refractivity contribution >= 4 is 11.6 Å². The molecule has 0 radical (unpaired) electrons. The molecular weight excluding hydrogens is 230 g/mol. The van der Waals surface area contributed by atoms with Crippen LogP contribution in [0.15, 0.2) is 24.5 Å². The normalized spacial score (nSPS) is 10.3. The lowest BCUT2D eigenvalue weighted by molar-refractivity contribution is 0.0949. The van der Waals surface area contributed by atoms with Gasteiger partial charge in [0.05, 0.1) is 6.54 Å². The van der Waals surface area contributed by atoms with Gasteiger partial charge in [-0.25, -0.2) is 4.98 Å². The van der Waals surface area contributed by atoms with Crippen LogP contribution < -0.4 is 11.1 Å². The zero-order valence-corrected chi connectivity index (χ0v) is 10.3. The molecule has 1 amide bonds. The third-order valence-electron chi connectivity index (χ3n) is 2.56. The van der Waals surface area contributed by atoms with E-state index >= 15 is 0 Å². The topological polar surface area (TPSA) is 85.8 Å². The van der Waals surface area contributed by atoms with Crippen molar-refractivity contribution in [3.05, 3.63) is 41.5 Å². The van der Waals surface area contributed by atoms with Crippen LogP contribution in [0.4, 0.5) is 5.69 Å². The monoisotopic (exact) mass is 245 g/mol. The minimum absolute atomic E-state index is 0.174. The summed E-state index contributed by atoms with van der Waals surface area (Å²) >= 11 is 0. The van der Waals surface area contributed by atoms with Gasteiger partial charge in [0.15, 0.2) is 5.82 Å². The van der Waals surface area contributed by atoms with Gasteiger partial charge in [0, 0.05) is 18.3 Å². The summed E-state index contributed by atoms with van der Waals surface area (Å²) in [5.41, 5.74) is 7.70. The minimum atomic E-state index is -0.174. The van der Waals surface area contributed by atoms with Crippen LogP contribution in [0.25, 0.3) is 0 Å². The van der Waals surface area contributed by atoms with E-state index in [0.717, 1.165) is 5.56 Å². The Kier molecular flexibility index (Phi) is 3.27. The fourth-order valence-electron chi connectivity index (χ4n) is 1.60. The summed E-state index contributed by atoms with van der Waals surface area (Å²) in [5, 5.41) is 6.85.